The summed E-state index contributed by atoms with van der Waals surface area (Å²) in [4.78, 5) is 0. The molecule has 1 unspecified atom stereocenters. The fourth-order valence-electron chi connectivity index (χ4n) is 1.24. The molecule has 0 rings (SSSR count). The van der Waals surface area contributed by atoms with Crippen molar-refractivity contribution >= 4 is 0 Å². The minimum absolute atomic E-state index is 0.399. The number of ether oxygens (including phenoxy) is 2. The van der Waals surface area contributed by atoms with Gasteiger partial charge in [0.15, 0.2) is 0 Å². The predicted octanol–water partition coefficient (Wildman–Crippen LogP) is 1.18. The smallest absolute Gasteiger partial charge is 0.0897 e. The van der Waals surface area contributed by atoms with Crippen LogP contribution in [0, 0.1) is 0 Å². The van der Waals surface area contributed by atoms with Crippen LogP contribution in [0.1, 0.15) is 33.1 Å². The number of rotatable bonds is 12. The number of nitrogens with one attached hydrogen (secondary N) is 1. The Morgan fingerprint density at radius 2 is 1.88 bits per heavy atom. The number of aliphatic hydroxyl groups is 1. The predicted molar refractivity (Wildman–Crippen MR) is 65.7 cm³/mol. The summed E-state index contributed by atoms with van der Waals surface area (Å²) in [5.74, 6) is 0. The lowest BCUT2D eigenvalue weighted by Gasteiger charge is -2.12. The average molecular weight is 233 g/mol. The highest BCUT2D eigenvalue weighted by Crippen LogP contribution is 1.90. The zero-order valence-corrected chi connectivity index (χ0v) is 10.7. The van der Waals surface area contributed by atoms with Crippen LogP contribution in [0.25, 0.3) is 0 Å². The van der Waals surface area contributed by atoms with Gasteiger partial charge in [0.05, 0.1) is 12.7 Å². The second-order valence-corrected chi connectivity index (χ2v) is 3.84. The summed E-state index contributed by atoms with van der Waals surface area (Å²) < 4.78 is 10.5. The molecule has 0 aromatic heterocycles. The Kier molecular flexibility index (Phi) is 12.8. The van der Waals surface area contributed by atoms with Crippen molar-refractivity contribution < 1.29 is 14.6 Å². The van der Waals surface area contributed by atoms with Gasteiger partial charge in [-0.25, -0.2) is 0 Å². The molecule has 0 aromatic rings. The first-order valence-electron chi connectivity index (χ1n) is 6.35. The van der Waals surface area contributed by atoms with Crippen molar-refractivity contribution in [2.24, 2.45) is 0 Å². The summed E-state index contributed by atoms with van der Waals surface area (Å²) in [6.07, 6.45) is 2.78. The van der Waals surface area contributed by atoms with Gasteiger partial charge in [0.25, 0.3) is 0 Å². The van der Waals surface area contributed by atoms with Crippen molar-refractivity contribution in [3.05, 3.63) is 0 Å². The van der Waals surface area contributed by atoms with Crippen LogP contribution in [-0.4, -0.2) is 50.7 Å². The molecule has 0 heterocycles. The van der Waals surface area contributed by atoms with Crippen LogP contribution in [0.4, 0.5) is 0 Å². The summed E-state index contributed by atoms with van der Waals surface area (Å²) in [6.45, 7) is 8.33. The quantitative estimate of drug-likeness (QED) is 0.497. The molecule has 1 atom stereocenters. The highest BCUT2D eigenvalue weighted by Gasteiger charge is 2.02. The van der Waals surface area contributed by atoms with Crippen LogP contribution in [0.3, 0.4) is 0 Å². The molecule has 2 N–H and O–H groups in total. The van der Waals surface area contributed by atoms with E-state index < -0.39 is 6.10 Å². The lowest BCUT2D eigenvalue weighted by molar-refractivity contribution is 0.0356. The fourth-order valence-corrected chi connectivity index (χ4v) is 1.24. The van der Waals surface area contributed by atoms with E-state index in [0.717, 1.165) is 45.6 Å². The van der Waals surface area contributed by atoms with Crippen LogP contribution < -0.4 is 5.32 Å². The zero-order chi connectivity index (χ0) is 12.1. The molecule has 0 aliphatic carbocycles. The maximum atomic E-state index is 9.53. The third kappa shape index (κ3) is 11.9. The largest absolute Gasteiger partial charge is 0.389 e. The monoisotopic (exact) mass is 233 g/mol. The van der Waals surface area contributed by atoms with Gasteiger partial charge in [0.1, 0.15) is 0 Å². The number of hydrogen-bond donors (Lipinski definition) is 2. The SMILES string of the molecule is CCCCOCC(O)CNCCCOCC. The van der Waals surface area contributed by atoms with Crippen molar-refractivity contribution in [3.63, 3.8) is 0 Å². The molecule has 16 heavy (non-hydrogen) atoms. The summed E-state index contributed by atoms with van der Waals surface area (Å²) in [6, 6.07) is 0. The molecular weight excluding hydrogens is 206 g/mol. The van der Waals surface area contributed by atoms with Crippen molar-refractivity contribution in [2.45, 2.75) is 39.2 Å². The van der Waals surface area contributed by atoms with Gasteiger partial charge in [-0.3, -0.25) is 0 Å². The van der Waals surface area contributed by atoms with E-state index in [4.69, 9.17) is 9.47 Å². The lowest BCUT2D eigenvalue weighted by atomic mass is 10.3. The van der Waals surface area contributed by atoms with Crippen molar-refractivity contribution in [2.75, 3.05) is 39.5 Å². The summed E-state index contributed by atoms with van der Waals surface area (Å²) in [7, 11) is 0. The molecule has 0 radical (unpaired) electrons. The zero-order valence-electron chi connectivity index (χ0n) is 10.7. The second-order valence-electron chi connectivity index (χ2n) is 3.84. The highest BCUT2D eigenvalue weighted by molar-refractivity contribution is 4.58. The van der Waals surface area contributed by atoms with E-state index in [0.29, 0.717) is 13.2 Å². The molecule has 4 nitrogen and oxygen atoms in total. The van der Waals surface area contributed by atoms with Gasteiger partial charge < -0.3 is 19.9 Å². The van der Waals surface area contributed by atoms with Crippen LogP contribution in [-0.2, 0) is 9.47 Å². The molecule has 0 aliphatic rings. The summed E-state index contributed by atoms with van der Waals surface area (Å²) in [5.41, 5.74) is 0. The van der Waals surface area contributed by atoms with E-state index in [1.54, 1.807) is 0 Å². The molecule has 0 fully saturated rings. The van der Waals surface area contributed by atoms with Crippen LogP contribution >= 0.6 is 0 Å². The maximum Gasteiger partial charge on any atom is 0.0897 e. The normalized spacial score (nSPS) is 12.9. The number of hydrogen-bond acceptors (Lipinski definition) is 4. The Morgan fingerprint density at radius 3 is 2.56 bits per heavy atom. The maximum absolute atomic E-state index is 9.53. The van der Waals surface area contributed by atoms with E-state index in [9.17, 15) is 5.11 Å². The van der Waals surface area contributed by atoms with Gasteiger partial charge in [-0.2, -0.15) is 0 Å². The molecule has 98 valence electrons. The standard InChI is InChI=1S/C12H27NO3/c1-3-5-8-16-11-12(14)10-13-7-6-9-15-4-2/h12-14H,3-11H2,1-2H3. The Bertz CT molecular complexity index is 133. The Morgan fingerprint density at radius 1 is 1.12 bits per heavy atom. The Hall–Kier alpha value is -0.160. The summed E-state index contributed by atoms with van der Waals surface area (Å²) in [5, 5.41) is 12.7. The molecular formula is C12H27NO3. The van der Waals surface area contributed by atoms with Crippen LogP contribution in [0.5, 0.6) is 0 Å². The lowest BCUT2D eigenvalue weighted by Crippen LogP contribution is -2.31. The van der Waals surface area contributed by atoms with Gasteiger partial charge in [-0.05, 0) is 26.3 Å². The van der Waals surface area contributed by atoms with E-state index >= 15 is 0 Å². The molecule has 0 saturated heterocycles. The van der Waals surface area contributed by atoms with Crippen LogP contribution in [0.15, 0.2) is 0 Å². The first-order valence-corrected chi connectivity index (χ1v) is 6.35. The molecule has 0 aromatic carbocycles. The molecule has 4 heteroatoms. The third-order valence-electron chi connectivity index (χ3n) is 2.18. The summed E-state index contributed by atoms with van der Waals surface area (Å²) >= 11 is 0. The van der Waals surface area contributed by atoms with Gasteiger partial charge in [-0.15, -0.1) is 0 Å². The number of unbranched alkanes of at least 4 members (excludes halogenated alkanes) is 1. The minimum Gasteiger partial charge on any atom is -0.389 e. The molecule has 0 aliphatic heterocycles. The Balaban J connectivity index is 3.08. The van der Waals surface area contributed by atoms with Gasteiger partial charge in [0, 0.05) is 26.4 Å². The first kappa shape index (κ1) is 15.8. The highest BCUT2D eigenvalue weighted by atomic mass is 16.5. The first-order chi connectivity index (χ1) is 7.81. The van der Waals surface area contributed by atoms with Gasteiger partial charge in [-0.1, -0.05) is 13.3 Å². The van der Waals surface area contributed by atoms with Crippen LogP contribution in [0.2, 0.25) is 0 Å². The van der Waals surface area contributed by atoms with E-state index in [1.165, 1.54) is 0 Å². The van der Waals surface area contributed by atoms with Gasteiger partial charge in [0.2, 0.25) is 0 Å². The molecule has 0 amide bonds. The van der Waals surface area contributed by atoms with E-state index in [-0.39, 0.29) is 0 Å². The van der Waals surface area contributed by atoms with Crippen molar-refractivity contribution in [1.29, 1.82) is 0 Å². The van der Waals surface area contributed by atoms with E-state index in [1.807, 2.05) is 6.92 Å². The minimum atomic E-state index is -0.399. The average Bonchev–Trinajstić information content (AvgIpc) is 2.29. The number of aliphatic hydroxyl groups excluding tert-OH is 1. The Labute approximate surface area is 99.3 Å². The fraction of sp³-hybridized carbons (Fsp3) is 1.00. The van der Waals surface area contributed by atoms with Gasteiger partial charge >= 0.3 is 0 Å². The molecule has 0 spiro atoms. The third-order valence-corrected chi connectivity index (χ3v) is 2.18. The molecule has 0 bridgehead atoms. The van der Waals surface area contributed by atoms with E-state index in [2.05, 4.69) is 12.2 Å². The van der Waals surface area contributed by atoms with Crippen molar-refractivity contribution in [3.8, 4) is 0 Å². The second kappa shape index (κ2) is 12.9. The topological polar surface area (TPSA) is 50.7 Å². The molecule has 0 saturated carbocycles. The van der Waals surface area contributed by atoms with Crippen molar-refractivity contribution in [1.82, 2.24) is 5.32 Å².